The molecule has 2 aromatic heterocycles. The van der Waals surface area contributed by atoms with Gasteiger partial charge in [-0.15, -0.1) is 0 Å². The van der Waals surface area contributed by atoms with Gasteiger partial charge in [0.05, 0.1) is 28.5 Å². The molecule has 0 fully saturated rings. The van der Waals surface area contributed by atoms with E-state index in [4.69, 9.17) is 20.8 Å². The van der Waals surface area contributed by atoms with Gasteiger partial charge in [-0.05, 0) is 55.8 Å². The van der Waals surface area contributed by atoms with E-state index in [9.17, 15) is 9.59 Å². The van der Waals surface area contributed by atoms with Crippen LogP contribution in [0.5, 0.6) is 0 Å². The number of aromatic nitrogens is 1. The van der Waals surface area contributed by atoms with Gasteiger partial charge in [-0.25, -0.2) is 9.79 Å². The highest BCUT2D eigenvalue weighted by Gasteiger charge is 2.33. The first-order valence-electron chi connectivity index (χ1n) is 12.1. The summed E-state index contributed by atoms with van der Waals surface area (Å²) in [6.07, 6.45) is 1.70. The van der Waals surface area contributed by atoms with Crippen LogP contribution in [0.25, 0.3) is 17.4 Å². The first kappa shape index (κ1) is 25.8. The van der Waals surface area contributed by atoms with Gasteiger partial charge in [0, 0.05) is 36.4 Å². The maximum Gasteiger partial charge on any atom is 0.338 e. The number of esters is 1. The molecule has 0 saturated carbocycles. The zero-order valence-electron chi connectivity index (χ0n) is 21.4. The molecule has 0 radical (unpaired) electrons. The number of carbonyl (C=O) groups excluding carboxylic acids is 1. The molecule has 0 N–H and O–H groups in total. The predicted octanol–water partition coefficient (Wildman–Crippen LogP) is 4.78. The van der Waals surface area contributed by atoms with Crippen LogP contribution in [-0.4, -0.2) is 31.2 Å². The molecule has 1 aliphatic rings. The topological polar surface area (TPSA) is 77.0 Å². The monoisotopic (exact) mass is 547 g/mol. The molecule has 0 amide bonds. The molecule has 7 nitrogen and oxygen atoms in total. The number of nitrogens with zero attached hydrogens (tertiary/aromatic N) is 3. The number of thiazole rings is 1. The van der Waals surface area contributed by atoms with Gasteiger partial charge in [0.25, 0.3) is 5.56 Å². The predicted molar refractivity (Wildman–Crippen MR) is 150 cm³/mol. The number of anilines is 1. The normalized spacial score (nSPS) is 15.3. The third-order valence-corrected chi connectivity index (χ3v) is 7.47. The maximum atomic E-state index is 13.8. The average Bonchev–Trinajstić information content (AvgIpc) is 3.48. The molecule has 0 aliphatic carbocycles. The zero-order valence-corrected chi connectivity index (χ0v) is 23.0. The molecule has 0 bridgehead atoms. The van der Waals surface area contributed by atoms with Crippen molar-refractivity contribution in [2.75, 3.05) is 25.6 Å². The SMILES string of the molecule is CCOC(=O)C1=C(C)N=c2s/c(=C/c3ccc(-c4cccc(Cl)c4)o3)c(=O)n2[C@H]1c1ccc(N(C)C)cc1. The lowest BCUT2D eigenvalue weighted by atomic mass is 9.95. The molecule has 194 valence electrons. The van der Waals surface area contributed by atoms with Crippen molar-refractivity contribution in [2.24, 2.45) is 4.99 Å². The van der Waals surface area contributed by atoms with Crippen LogP contribution in [0.2, 0.25) is 5.02 Å². The largest absolute Gasteiger partial charge is 0.463 e. The molecule has 4 aromatic rings. The standard InChI is InChI=1S/C29H26ClN3O4S/c1-5-36-28(35)25-17(2)31-29-33(26(25)18-9-11-21(12-10-18)32(3)4)27(34)24(38-29)16-22-13-14-23(37-22)19-7-6-8-20(30)15-19/h6-16,26H,5H2,1-4H3/b24-16+/t26-/m0/s1. The first-order valence-corrected chi connectivity index (χ1v) is 13.3. The van der Waals surface area contributed by atoms with Crippen molar-refractivity contribution in [1.82, 2.24) is 4.57 Å². The van der Waals surface area contributed by atoms with Crippen LogP contribution in [0.4, 0.5) is 5.69 Å². The number of ether oxygens (including phenoxy) is 1. The number of fused-ring (bicyclic) bond motifs is 1. The van der Waals surface area contributed by atoms with Crippen LogP contribution in [0.1, 0.15) is 31.2 Å². The van der Waals surface area contributed by atoms with Gasteiger partial charge < -0.3 is 14.1 Å². The van der Waals surface area contributed by atoms with Gasteiger partial charge in [0.2, 0.25) is 0 Å². The lowest BCUT2D eigenvalue weighted by molar-refractivity contribution is -0.139. The Morgan fingerprint density at radius 2 is 1.95 bits per heavy atom. The Hall–Kier alpha value is -3.88. The fourth-order valence-electron chi connectivity index (χ4n) is 4.42. The van der Waals surface area contributed by atoms with Crippen LogP contribution >= 0.6 is 22.9 Å². The number of carbonyl (C=O) groups is 1. The molecule has 0 unspecified atom stereocenters. The number of rotatable bonds is 6. The van der Waals surface area contributed by atoms with Gasteiger partial charge in [-0.3, -0.25) is 9.36 Å². The molecule has 5 rings (SSSR count). The van der Waals surface area contributed by atoms with E-state index >= 15 is 0 Å². The molecule has 0 spiro atoms. The summed E-state index contributed by atoms with van der Waals surface area (Å²) in [6.45, 7) is 3.75. The zero-order chi connectivity index (χ0) is 27.0. The van der Waals surface area contributed by atoms with Gasteiger partial charge in [0.1, 0.15) is 11.5 Å². The summed E-state index contributed by atoms with van der Waals surface area (Å²) in [7, 11) is 3.91. The van der Waals surface area contributed by atoms with E-state index in [1.807, 2.05) is 67.5 Å². The lowest BCUT2D eigenvalue weighted by Crippen LogP contribution is -2.39. The minimum Gasteiger partial charge on any atom is -0.463 e. The van der Waals surface area contributed by atoms with E-state index in [0.717, 1.165) is 16.8 Å². The van der Waals surface area contributed by atoms with Crippen molar-refractivity contribution in [1.29, 1.82) is 0 Å². The number of benzene rings is 2. The summed E-state index contributed by atoms with van der Waals surface area (Å²) in [5, 5.41) is 0.611. The third-order valence-electron chi connectivity index (χ3n) is 6.25. The Morgan fingerprint density at radius 3 is 2.63 bits per heavy atom. The highest BCUT2D eigenvalue weighted by molar-refractivity contribution is 7.07. The second-order valence-electron chi connectivity index (χ2n) is 9.00. The van der Waals surface area contributed by atoms with E-state index in [1.54, 1.807) is 36.6 Å². The molecule has 2 aromatic carbocycles. The summed E-state index contributed by atoms with van der Waals surface area (Å²) in [6, 6.07) is 18.1. The second kappa shape index (κ2) is 10.5. The van der Waals surface area contributed by atoms with Crippen LogP contribution in [0.3, 0.4) is 0 Å². The third kappa shape index (κ3) is 4.85. The van der Waals surface area contributed by atoms with Gasteiger partial charge in [-0.2, -0.15) is 0 Å². The minimum absolute atomic E-state index is 0.222. The summed E-state index contributed by atoms with van der Waals surface area (Å²) in [4.78, 5) is 33.9. The smallest absolute Gasteiger partial charge is 0.338 e. The Labute approximate surface area is 228 Å². The number of furan rings is 1. The van der Waals surface area contributed by atoms with E-state index in [1.165, 1.54) is 11.3 Å². The highest BCUT2D eigenvalue weighted by atomic mass is 35.5. The molecule has 9 heteroatoms. The number of allylic oxidation sites excluding steroid dienone is 1. The molecular weight excluding hydrogens is 522 g/mol. The minimum atomic E-state index is -0.665. The van der Waals surface area contributed by atoms with Crippen LogP contribution in [0.15, 0.2) is 86.1 Å². The van der Waals surface area contributed by atoms with Crippen molar-refractivity contribution in [3.05, 3.63) is 108 Å². The number of halogens is 1. The van der Waals surface area contributed by atoms with E-state index in [-0.39, 0.29) is 12.2 Å². The van der Waals surface area contributed by atoms with Crippen molar-refractivity contribution in [3.8, 4) is 11.3 Å². The lowest BCUT2D eigenvalue weighted by Gasteiger charge is -2.25. The Balaban J connectivity index is 1.63. The van der Waals surface area contributed by atoms with Crippen molar-refractivity contribution < 1.29 is 13.9 Å². The Kier molecular flexibility index (Phi) is 7.10. The number of hydrogen-bond acceptors (Lipinski definition) is 7. The Morgan fingerprint density at radius 1 is 1.18 bits per heavy atom. The molecule has 1 atom stereocenters. The molecule has 38 heavy (non-hydrogen) atoms. The van der Waals surface area contributed by atoms with E-state index in [2.05, 4.69) is 4.99 Å². The summed E-state index contributed by atoms with van der Waals surface area (Å²) >= 11 is 7.38. The molecular formula is C29H26ClN3O4S. The maximum absolute atomic E-state index is 13.8. The fraction of sp³-hybridized carbons (Fsp3) is 0.207. The number of hydrogen-bond donors (Lipinski definition) is 0. The molecule has 3 heterocycles. The van der Waals surface area contributed by atoms with Crippen LogP contribution < -0.4 is 19.8 Å². The first-order chi connectivity index (χ1) is 18.3. The summed E-state index contributed by atoms with van der Waals surface area (Å²) in [5.41, 5.74) is 3.26. The second-order valence-corrected chi connectivity index (χ2v) is 10.4. The van der Waals surface area contributed by atoms with Crippen LogP contribution in [-0.2, 0) is 9.53 Å². The van der Waals surface area contributed by atoms with Crippen molar-refractivity contribution >= 4 is 40.7 Å². The van der Waals surface area contributed by atoms with E-state index in [0.29, 0.717) is 37.1 Å². The van der Waals surface area contributed by atoms with Crippen molar-refractivity contribution in [3.63, 3.8) is 0 Å². The van der Waals surface area contributed by atoms with Gasteiger partial charge in [0.15, 0.2) is 4.80 Å². The molecule has 0 saturated heterocycles. The van der Waals surface area contributed by atoms with Crippen LogP contribution in [0, 0.1) is 0 Å². The Bertz CT molecular complexity index is 1730. The van der Waals surface area contributed by atoms with Crippen molar-refractivity contribution in [2.45, 2.75) is 19.9 Å². The average molecular weight is 548 g/mol. The molecule has 1 aliphatic heterocycles. The fourth-order valence-corrected chi connectivity index (χ4v) is 5.64. The van der Waals surface area contributed by atoms with E-state index < -0.39 is 12.0 Å². The summed E-state index contributed by atoms with van der Waals surface area (Å²) in [5.74, 6) is 0.686. The quantitative estimate of drug-likeness (QED) is 0.325. The van der Waals surface area contributed by atoms with Gasteiger partial charge >= 0.3 is 5.97 Å². The highest BCUT2D eigenvalue weighted by Crippen LogP contribution is 2.32. The van der Waals surface area contributed by atoms with Gasteiger partial charge in [-0.1, -0.05) is 47.2 Å². The summed E-state index contributed by atoms with van der Waals surface area (Å²) < 4.78 is 13.4.